The molecule has 0 atom stereocenters. The Morgan fingerprint density at radius 2 is 1.80 bits per heavy atom. The van der Waals surface area contributed by atoms with E-state index in [4.69, 9.17) is 11.6 Å². The molecule has 5 heteroatoms. The summed E-state index contributed by atoms with van der Waals surface area (Å²) in [6, 6.07) is 6.00. The lowest BCUT2D eigenvalue weighted by molar-refractivity contribution is 0.758. The highest BCUT2D eigenvalue weighted by Crippen LogP contribution is 2.19. The van der Waals surface area contributed by atoms with Crippen molar-refractivity contribution in [1.29, 1.82) is 0 Å². The highest BCUT2D eigenvalue weighted by molar-refractivity contribution is 6.29. The lowest BCUT2D eigenvalue weighted by atomic mass is 10.1. The topological polar surface area (TPSA) is 43.6 Å². The van der Waals surface area contributed by atoms with Gasteiger partial charge in [0.25, 0.3) is 0 Å². The Balaban J connectivity index is 2.04. The van der Waals surface area contributed by atoms with E-state index in [9.17, 15) is 0 Å². The molecule has 102 valence electrons. The van der Waals surface area contributed by atoms with E-state index in [-0.39, 0.29) is 0 Å². The van der Waals surface area contributed by atoms with Crippen LogP contribution >= 0.6 is 11.6 Å². The first kappa shape index (κ1) is 13.1. The second-order valence-electron chi connectivity index (χ2n) is 5.05. The van der Waals surface area contributed by atoms with E-state index in [1.807, 2.05) is 17.8 Å². The van der Waals surface area contributed by atoms with Crippen LogP contribution in [0.25, 0.3) is 11.0 Å². The van der Waals surface area contributed by atoms with Crippen molar-refractivity contribution in [3.63, 3.8) is 0 Å². The molecule has 2 heterocycles. The first-order valence-electron chi connectivity index (χ1n) is 6.45. The van der Waals surface area contributed by atoms with Crippen molar-refractivity contribution >= 4 is 22.6 Å². The molecule has 0 N–H and O–H groups in total. The summed E-state index contributed by atoms with van der Waals surface area (Å²) in [6.45, 7) is 6.68. The van der Waals surface area contributed by atoms with Crippen LogP contribution in [0, 0.1) is 20.8 Å². The van der Waals surface area contributed by atoms with E-state index in [1.54, 1.807) is 6.07 Å². The standard InChI is InChI=1S/C15H15ClN4/c1-9-4-12-13(5-10(9)2)20(8-17-12)7-15-18-11(3)6-14(16)19-15/h4-6,8H,7H2,1-3H3. The molecule has 3 aromatic rings. The number of nitrogens with zero attached hydrogens (tertiary/aromatic N) is 4. The molecule has 0 unspecified atom stereocenters. The van der Waals surface area contributed by atoms with Crippen LogP contribution in [0.4, 0.5) is 0 Å². The minimum Gasteiger partial charge on any atom is -0.323 e. The Bertz CT molecular complexity index is 772. The number of imidazole rings is 1. The van der Waals surface area contributed by atoms with E-state index < -0.39 is 0 Å². The lowest BCUT2D eigenvalue weighted by Crippen LogP contribution is -2.04. The molecule has 0 spiro atoms. The van der Waals surface area contributed by atoms with Crippen LogP contribution in [-0.4, -0.2) is 19.5 Å². The van der Waals surface area contributed by atoms with Gasteiger partial charge in [0.15, 0.2) is 0 Å². The molecule has 20 heavy (non-hydrogen) atoms. The summed E-state index contributed by atoms with van der Waals surface area (Å²) in [5.74, 6) is 0.701. The number of hydrogen-bond acceptors (Lipinski definition) is 3. The molecule has 0 amide bonds. The summed E-state index contributed by atoms with van der Waals surface area (Å²) in [4.78, 5) is 13.1. The maximum Gasteiger partial charge on any atom is 0.150 e. The maximum absolute atomic E-state index is 5.98. The smallest absolute Gasteiger partial charge is 0.150 e. The van der Waals surface area contributed by atoms with Gasteiger partial charge >= 0.3 is 0 Å². The molecule has 2 aromatic heterocycles. The zero-order valence-corrected chi connectivity index (χ0v) is 12.4. The summed E-state index contributed by atoms with van der Waals surface area (Å²) in [5.41, 5.74) is 5.46. The van der Waals surface area contributed by atoms with E-state index in [1.165, 1.54) is 11.1 Å². The summed E-state index contributed by atoms with van der Waals surface area (Å²) in [6.07, 6.45) is 1.82. The highest BCUT2D eigenvalue weighted by atomic mass is 35.5. The van der Waals surface area contributed by atoms with Crippen LogP contribution in [0.15, 0.2) is 24.5 Å². The Morgan fingerprint density at radius 1 is 1.05 bits per heavy atom. The normalized spacial score (nSPS) is 11.2. The van der Waals surface area contributed by atoms with E-state index in [0.29, 0.717) is 17.5 Å². The minimum absolute atomic E-state index is 0.476. The van der Waals surface area contributed by atoms with E-state index >= 15 is 0 Å². The molecule has 3 rings (SSSR count). The number of rotatable bonds is 2. The van der Waals surface area contributed by atoms with Crippen molar-refractivity contribution in [2.24, 2.45) is 0 Å². The zero-order valence-electron chi connectivity index (χ0n) is 11.7. The third kappa shape index (κ3) is 2.39. The van der Waals surface area contributed by atoms with Crippen LogP contribution < -0.4 is 0 Å². The third-order valence-corrected chi connectivity index (χ3v) is 3.61. The Kier molecular flexibility index (Phi) is 3.18. The molecule has 0 saturated carbocycles. The van der Waals surface area contributed by atoms with Gasteiger partial charge in [-0.1, -0.05) is 11.6 Å². The lowest BCUT2D eigenvalue weighted by Gasteiger charge is -2.06. The molecule has 4 nitrogen and oxygen atoms in total. The summed E-state index contributed by atoms with van der Waals surface area (Å²) in [5, 5.41) is 0.476. The first-order chi connectivity index (χ1) is 9.52. The van der Waals surface area contributed by atoms with Gasteiger partial charge in [0.1, 0.15) is 11.0 Å². The zero-order chi connectivity index (χ0) is 14.3. The van der Waals surface area contributed by atoms with Gasteiger partial charge in [0.05, 0.1) is 23.9 Å². The van der Waals surface area contributed by atoms with Gasteiger partial charge in [0, 0.05) is 5.69 Å². The van der Waals surface area contributed by atoms with Gasteiger partial charge in [-0.3, -0.25) is 0 Å². The van der Waals surface area contributed by atoms with Crippen LogP contribution in [0.3, 0.4) is 0 Å². The molecule has 0 bridgehead atoms. The van der Waals surface area contributed by atoms with Crippen molar-refractivity contribution in [2.45, 2.75) is 27.3 Å². The average Bonchev–Trinajstić information content (AvgIpc) is 2.71. The molecular formula is C15H15ClN4. The SMILES string of the molecule is Cc1cc(Cl)nc(Cn2cnc3cc(C)c(C)cc32)n1. The second kappa shape index (κ2) is 4.87. The molecule has 0 aliphatic rings. The summed E-state index contributed by atoms with van der Waals surface area (Å²) >= 11 is 5.98. The van der Waals surface area contributed by atoms with Gasteiger partial charge in [-0.2, -0.15) is 0 Å². The van der Waals surface area contributed by atoms with Crippen LogP contribution in [-0.2, 0) is 6.54 Å². The van der Waals surface area contributed by atoms with Crippen LogP contribution in [0.5, 0.6) is 0 Å². The Hall–Kier alpha value is -1.94. The minimum atomic E-state index is 0.476. The van der Waals surface area contributed by atoms with Crippen LogP contribution in [0.1, 0.15) is 22.6 Å². The number of hydrogen-bond donors (Lipinski definition) is 0. The van der Waals surface area contributed by atoms with Crippen molar-refractivity contribution in [1.82, 2.24) is 19.5 Å². The van der Waals surface area contributed by atoms with Gasteiger partial charge in [0.2, 0.25) is 0 Å². The second-order valence-corrected chi connectivity index (χ2v) is 5.43. The van der Waals surface area contributed by atoms with Crippen LogP contribution in [0.2, 0.25) is 5.15 Å². The highest BCUT2D eigenvalue weighted by Gasteiger charge is 2.08. The summed E-state index contributed by atoms with van der Waals surface area (Å²) in [7, 11) is 0. The van der Waals surface area contributed by atoms with E-state index in [2.05, 4.69) is 40.9 Å². The predicted molar refractivity (Wildman–Crippen MR) is 80.1 cm³/mol. The van der Waals surface area contributed by atoms with Crippen molar-refractivity contribution in [3.8, 4) is 0 Å². The molecule has 0 aliphatic heterocycles. The molecular weight excluding hydrogens is 272 g/mol. The van der Waals surface area contributed by atoms with Gasteiger partial charge in [-0.15, -0.1) is 0 Å². The largest absolute Gasteiger partial charge is 0.323 e. The van der Waals surface area contributed by atoms with E-state index in [0.717, 1.165) is 16.7 Å². The molecule has 0 saturated heterocycles. The fourth-order valence-electron chi connectivity index (χ4n) is 2.25. The van der Waals surface area contributed by atoms with Gasteiger partial charge < -0.3 is 4.57 Å². The number of aromatic nitrogens is 4. The monoisotopic (exact) mass is 286 g/mol. The van der Waals surface area contributed by atoms with Crippen molar-refractivity contribution < 1.29 is 0 Å². The van der Waals surface area contributed by atoms with Crippen molar-refractivity contribution in [2.75, 3.05) is 0 Å². The fraction of sp³-hybridized carbons (Fsp3) is 0.267. The maximum atomic E-state index is 5.98. The number of halogens is 1. The number of fused-ring (bicyclic) bond motifs is 1. The third-order valence-electron chi connectivity index (χ3n) is 3.42. The summed E-state index contributed by atoms with van der Waals surface area (Å²) < 4.78 is 2.05. The number of benzene rings is 1. The predicted octanol–water partition coefficient (Wildman–Crippen LogP) is 3.45. The fourth-order valence-corrected chi connectivity index (χ4v) is 2.51. The Labute approximate surface area is 122 Å². The number of aryl methyl sites for hydroxylation is 3. The molecule has 0 fully saturated rings. The van der Waals surface area contributed by atoms with Crippen molar-refractivity contribution in [3.05, 3.63) is 52.3 Å². The molecule has 0 aliphatic carbocycles. The Morgan fingerprint density at radius 3 is 2.55 bits per heavy atom. The molecule has 0 radical (unpaired) electrons. The average molecular weight is 287 g/mol. The van der Waals surface area contributed by atoms with Gasteiger partial charge in [-0.25, -0.2) is 15.0 Å². The van der Waals surface area contributed by atoms with Gasteiger partial charge in [-0.05, 0) is 50.1 Å². The first-order valence-corrected chi connectivity index (χ1v) is 6.83. The molecule has 1 aromatic carbocycles. The quantitative estimate of drug-likeness (QED) is 0.678.